The molecule has 0 spiro atoms. The van der Waals surface area contributed by atoms with Crippen molar-refractivity contribution >= 4 is 5.91 Å². The van der Waals surface area contributed by atoms with E-state index in [1.54, 1.807) is 18.7 Å². The van der Waals surface area contributed by atoms with Gasteiger partial charge in [-0.25, -0.2) is 4.68 Å². The molecule has 0 unspecified atom stereocenters. The fourth-order valence-corrected chi connectivity index (χ4v) is 2.78. The van der Waals surface area contributed by atoms with Crippen LogP contribution in [-0.2, 0) is 18.4 Å². The molecule has 0 atom stereocenters. The second-order valence-corrected chi connectivity index (χ2v) is 5.36. The number of amides is 1. The molecule has 1 saturated heterocycles. The van der Waals surface area contributed by atoms with Crippen molar-refractivity contribution < 1.29 is 9.53 Å². The van der Waals surface area contributed by atoms with Crippen LogP contribution in [0.5, 0.6) is 5.88 Å². The van der Waals surface area contributed by atoms with Crippen molar-refractivity contribution in [1.82, 2.24) is 20.0 Å². The molecular weight excluding hydrogens is 256 g/mol. The Morgan fingerprint density at radius 3 is 2.65 bits per heavy atom. The highest BCUT2D eigenvalue weighted by Gasteiger charge is 2.21. The lowest BCUT2D eigenvalue weighted by atomic mass is 10.0. The van der Waals surface area contributed by atoms with E-state index < -0.39 is 0 Å². The van der Waals surface area contributed by atoms with Crippen LogP contribution in [0.25, 0.3) is 0 Å². The Morgan fingerprint density at radius 1 is 1.45 bits per heavy atom. The molecule has 6 nitrogen and oxygen atoms in total. The first kappa shape index (κ1) is 14.8. The maximum Gasteiger partial charge on any atom is 0.219 e. The second-order valence-electron chi connectivity index (χ2n) is 5.36. The highest BCUT2D eigenvalue weighted by atomic mass is 16.5. The second kappa shape index (κ2) is 6.26. The summed E-state index contributed by atoms with van der Waals surface area (Å²) in [7, 11) is 3.56. The highest BCUT2D eigenvalue weighted by Crippen LogP contribution is 2.21. The zero-order chi connectivity index (χ0) is 14.7. The topological polar surface area (TPSA) is 59.4 Å². The Bertz CT molecular complexity index is 476. The Hall–Kier alpha value is -1.56. The van der Waals surface area contributed by atoms with E-state index in [0.717, 1.165) is 49.6 Å². The van der Waals surface area contributed by atoms with E-state index in [-0.39, 0.29) is 5.91 Å². The molecule has 1 aromatic rings. The van der Waals surface area contributed by atoms with E-state index in [9.17, 15) is 4.79 Å². The first-order valence-corrected chi connectivity index (χ1v) is 7.08. The predicted octanol–water partition coefficient (Wildman–Crippen LogP) is 0.838. The standard InChI is InChI=1S/C14H24N4O2/c1-10-13(14(20-4)17(3)16-10)9-15-12-5-7-18(8-6-12)11(2)19/h12,15H,5-9H2,1-4H3. The fourth-order valence-electron chi connectivity index (χ4n) is 2.78. The first-order valence-electron chi connectivity index (χ1n) is 7.08. The van der Waals surface area contributed by atoms with Crippen LogP contribution in [0, 0.1) is 6.92 Å². The van der Waals surface area contributed by atoms with Crippen molar-refractivity contribution in [3.63, 3.8) is 0 Å². The number of likely N-dealkylation sites (tertiary alicyclic amines) is 1. The maximum atomic E-state index is 11.3. The van der Waals surface area contributed by atoms with Crippen LogP contribution in [0.4, 0.5) is 0 Å². The lowest BCUT2D eigenvalue weighted by Gasteiger charge is -2.31. The third-order valence-corrected chi connectivity index (χ3v) is 3.99. The molecule has 112 valence electrons. The van der Waals surface area contributed by atoms with Crippen molar-refractivity contribution in [1.29, 1.82) is 0 Å². The van der Waals surface area contributed by atoms with Gasteiger partial charge in [-0.2, -0.15) is 5.10 Å². The van der Waals surface area contributed by atoms with E-state index in [1.165, 1.54) is 0 Å². The van der Waals surface area contributed by atoms with Gasteiger partial charge in [0, 0.05) is 39.6 Å². The number of methoxy groups -OCH3 is 1. The summed E-state index contributed by atoms with van der Waals surface area (Å²) in [5, 5.41) is 7.93. The summed E-state index contributed by atoms with van der Waals surface area (Å²) in [4.78, 5) is 13.2. The number of carbonyl (C=O) groups excluding carboxylic acids is 1. The van der Waals surface area contributed by atoms with Gasteiger partial charge >= 0.3 is 0 Å². The van der Waals surface area contributed by atoms with E-state index in [1.807, 2.05) is 18.9 Å². The molecule has 1 amide bonds. The molecule has 1 aliphatic rings. The number of carbonyl (C=O) groups is 1. The quantitative estimate of drug-likeness (QED) is 0.888. The summed E-state index contributed by atoms with van der Waals surface area (Å²) >= 11 is 0. The molecule has 1 N–H and O–H groups in total. The molecule has 0 saturated carbocycles. The molecule has 1 aliphatic heterocycles. The van der Waals surface area contributed by atoms with E-state index in [2.05, 4.69) is 10.4 Å². The zero-order valence-electron chi connectivity index (χ0n) is 12.8. The van der Waals surface area contributed by atoms with Gasteiger partial charge in [-0.05, 0) is 19.8 Å². The average molecular weight is 280 g/mol. The molecule has 2 heterocycles. The van der Waals surface area contributed by atoms with Gasteiger partial charge in [-0.3, -0.25) is 4.79 Å². The molecule has 6 heteroatoms. The molecule has 0 aromatic carbocycles. The molecule has 0 aliphatic carbocycles. The number of rotatable bonds is 4. The summed E-state index contributed by atoms with van der Waals surface area (Å²) in [5.74, 6) is 0.990. The number of nitrogens with zero attached hydrogens (tertiary/aromatic N) is 3. The predicted molar refractivity (Wildman–Crippen MR) is 76.6 cm³/mol. The van der Waals surface area contributed by atoms with Crippen LogP contribution in [0.3, 0.4) is 0 Å². The Kier molecular flexibility index (Phi) is 4.65. The first-order chi connectivity index (χ1) is 9.52. The Morgan fingerprint density at radius 2 is 2.10 bits per heavy atom. The van der Waals surface area contributed by atoms with Gasteiger partial charge in [0.1, 0.15) is 0 Å². The number of piperidine rings is 1. The molecule has 2 rings (SSSR count). The maximum absolute atomic E-state index is 11.3. The van der Waals surface area contributed by atoms with Crippen molar-refractivity contribution in [2.45, 2.75) is 39.3 Å². The summed E-state index contributed by atoms with van der Waals surface area (Å²) in [5.41, 5.74) is 2.11. The molecule has 1 aromatic heterocycles. The van der Waals surface area contributed by atoms with Crippen molar-refractivity contribution in [3.8, 4) is 5.88 Å². The number of hydrogen-bond donors (Lipinski definition) is 1. The SMILES string of the molecule is COc1c(CNC2CCN(C(C)=O)CC2)c(C)nn1C. The summed E-state index contributed by atoms with van der Waals surface area (Å²) < 4.78 is 7.16. The minimum atomic E-state index is 0.174. The van der Waals surface area contributed by atoms with Crippen LogP contribution in [0.1, 0.15) is 31.0 Å². The van der Waals surface area contributed by atoms with Gasteiger partial charge in [0.2, 0.25) is 11.8 Å². The minimum Gasteiger partial charge on any atom is -0.481 e. The summed E-state index contributed by atoms with van der Waals surface area (Å²) in [6.45, 7) is 6.08. The van der Waals surface area contributed by atoms with Crippen LogP contribution in [-0.4, -0.2) is 46.8 Å². The number of ether oxygens (including phenoxy) is 1. The van der Waals surface area contributed by atoms with E-state index in [0.29, 0.717) is 6.04 Å². The van der Waals surface area contributed by atoms with Crippen LogP contribution in [0.2, 0.25) is 0 Å². The largest absolute Gasteiger partial charge is 0.481 e. The summed E-state index contributed by atoms with van der Waals surface area (Å²) in [6.07, 6.45) is 2.00. The van der Waals surface area contributed by atoms with Crippen molar-refractivity contribution in [3.05, 3.63) is 11.3 Å². The molecular formula is C14H24N4O2. The molecule has 0 radical (unpaired) electrons. The zero-order valence-corrected chi connectivity index (χ0v) is 12.8. The average Bonchev–Trinajstić information content (AvgIpc) is 2.70. The van der Waals surface area contributed by atoms with E-state index in [4.69, 9.17) is 4.74 Å². The third-order valence-electron chi connectivity index (χ3n) is 3.99. The lowest BCUT2D eigenvalue weighted by Crippen LogP contribution is -2.44. The van der Waals surface area contributed by atoms with Gasteiger partial charge in [0.25, 0.3) is 0 Å². The van der Waals surface area contributed by atoms with Gasteiger partial charge in [-0.15, -0.1) is 0 Å². The highest BCUT2D eigenvalue weighted by molar-refractivity contribution is 5.73. The number of hydrogen-bond acceptors (Lipinski definition) is 4. The normalized spacial score (nSPS) is 16.5. The van der Waals surface area contributed by atoms with Crippen molar-refractivity contribution in [2.75, 3.05) is 20.2 Å². The monoisotopic (exact) mass is 280 g/mol. The molecule has 1 fully saturated rings. The van der Waals surface area contributed by atoms with Gasteiger partial charge in [0.05, 0.1) is 18.4 Å². The smallest absolute Gasteiger partial charge is 0.219 e. The Balaban J connectivity index is 1.89. The van der Waals surface area contributed by atoms with Gasteiger partial charge in [0.15, 0.2) is 0 Å². The van der Waals surface area contributed by atoms with E-state index >= 15 is 0 Å². The van der Waals surface area contributed by atoms with Crippen LogP contribution >= 0.6 is 0 Å². The molecule has 0 bridgehead atoms. The number of aryl methyl sites for hydroxylation is 2. The van der Waals surface area contributed by atoms with Crippen LogP contribution < -0.4 is 10.1 Å². The number of aromatic nitrogens is 2. The third kappa shape index (κ3) is 3.12. The fraction of sp³-hybridized carbons (Fsp3) is 0.714. The molecule has 20 heavy (non-hydrogen) atoms. The lowest BCUT2D eigenvalue weighted by molar-refractivity contribution is -0.129. The summed E-state index contributed by atoms with van der Waals surface area (Å²) in [6, 6.07) is 0.454. The van der Waals surface area contributed by atoms with Gasteiger partial charge in [-0.1, -0.05) is 0 Å². The van der Waals surface area contributed by atoms with Gasteiger partial charge < -0.3 is 15.0 Å². The van der Waals surface area contributed by atoms with Crippen LogP contribution in [0.15, 0.2) is 0 Å². The van der Waals surface area contributed by atoms with Crippen molar-refractivity contribution in [2.24, 2.45) is 7.05 Å². The minimum absolute atomic E-state index is 0.174. The number of nitrogens with one attached hydrogen (secondary N) is 1. The Labute approximate surface area is 120 Å².